The van der Waals surface area contributed by atoms with Crippen LogP contribution in [0.2, 0.25) is 5.02 Å². The summed E-state index contributed by atoms with van der Waals surface area (Å²) < 4.78 is 0. The molecule has 0 aliphatic carbocycles. The molecule has 0 bridgehead atoms. The number of hydrogen-bond acceptors (Lipinski definition) is 1. The Hall–Kier alpha value is -1.13. The van der Waals surface area contributed by atoms with Gasteiger partial charge in [0, 0.05) is 13.0 Å². The Balaban J connectivity index is 2.44. The Morgan fingerprint density at radius 2 is 2.15 bits per heavy atom. The second kappa shape index (κ2) is 5.50. The molecule has 1 aromatic rings. The van der Waals surface area contributed by atoms with Gasteiger partial charge in [0.1, 0.15) is 0 Å². The van der Waals surface area contributed by atoms with E-state index in [2.05, 4.69) is 17.2 Å². The maximum Gasteiger partial charge on any atom is 0.0637 e. The van der Waals surface area contributed by atoms with Crippen LogP contribution in [0.3, 0.4) is 0 Å². The van der Waals surface area contributed by atoms with Crippen molar-refractivity contribution >= 4 is 17.3 Å². The fraction of sp³-hybridized carbons (Fsp3) is 0.273. The first kappa shape index (κ1) is 9.95. The van der Waals surface area contributed by atoms with E-state index < -0.39 is 0 Å². The first-order chi connectivity index (χ1) is 6.34. The lowest BCUT2D eigenvalue weighted by Gasteiger charge is -2.05. The number of anilines is 1. The Kier molecular flexibility index (Phi) is 4.21. The molecule has 68 valence electrons. The van der Waals surface area contributed by atoms with Gasteiger partial charge >= 0.3 is 0 Å². The highest BCUT2D eigenvalue weighted by Gasteiger charge is 1.94. The number of benzene rings is 1. The second-order valence-electron chi connectivity index (χ2n) is 2.58. The van der Waals surface area contributed by atoms with E-state index in [9.17, 15) is 0 Å². The molecule has 0 fully saturated rings. The van der Waals surface area contributed by atoms with Crippen molar-refractivity contribution in [3.63, 3.8) is 0 Å². The van der Waals surface area contributed by atoms with Crippen molar-refractivity contribution in [3.8, 4) is 11.8 Å². The van der Waals surface area contributed by atoms with E-state index in [0.717, 1.165) is 23.7 Å². The molecule has 1 nitrogen and oxygen atoms in total. The van der Waals surface area contributed by atoms with Gasteiger partial charge in [-0.3, -0.25) is 0 Å². The van der Waals surface area contributed by atoms with Gasteiger partial charge in [0.15, 0.2) is 0 Å². The van der Waals surface area contributed by atoms with E-state index in [1.54, 1.807) is 0 Å². The van der Waals surface area contributed by atoms with Gasteiger partial charge in [-0.1, -0.05) is 23.7 Å². The summed E-state index contributed by atoms with van der Waals surface area (Å²) in [5.74, 6) is 5.83. The molecule has 0 aliphatic rings. The zero-order valence-electron chi connectivity index (χ0n) is 7.60. The Bertz CT molecular complexity index is 322. The number of rotatable bonds is 3. The molecule has 0 spiro atoms. The van der Waals surface area contributed by atoms with Crippen LogP contribution in [0.4, 0.5) is 5.69 Å². The van der Waals surface area contributed by atoms with Crippen LogP contribution in [0.25, 0.3) is 0 Å². The summed E-state index contributed by atoms with van der Waals surface area (Å²) in [6.07, 6.45) is 0.849. The molecular weight excluding hydrogens is 182 g/mol. The topological polar surface area (TPSA) is 12.0 Å². The number of hydrogen-bond donors (Lipinski definition) is 1. The van der Waals surface area contributed by atoms with Gasteiger partial charge < -0.3 is 5.32 Å². The molecule has 0 unspecified atom stereocenters. The van der Waals surface area contributed by atoms with E-state index in [1.165, 1.54) is 0 Å². The maximum atomic E-state index is 5.94. The smallest absolute Gasteiger partial charge is 0.0637 e. The second-order valence-corrected chi connectivity index (χ2v) is 2.99. The predicted molar refractivity (Wildman–Crippen MR) is 58.0 cm³/mol. The summed E-state index contributed by atoms with van der Waals surface area (Å²) in [6.45, 7) is 2.68. The Labute approximate surface area is 84.1 Å². The Morgan fingerprint density at radius 1 is 1.38 bits per heavy atom. The summed E-state index contributed by atoms with van der Waals surface area (Å²) in [5.41, 5.74) is 0.974. The lowest BCUT2D eigenvalue weighted by atomic mass is 10.3. The molecule has 0 radical (unpaired) electrons. The number of halogens is 1. The van der Waals surface area contributed by atoms with Gasteiger partial charge in [0.2, 0.25) is 0 Å². The lowest BCUT2D eigenvalue weighted by molar-refractivity contribution is 1.10. The van der Waals surface area contributed by atoms with Crippen molar-refractivity contribution in [1.82, 2.24) is 0 Å². The summed E-state index contributed by atoms with van der Waals surface area (Å²) in [6, 6.07) is 7.70. The van der Waals surface area contributed by atoms with E-state index in [1.807, 2.05) is 31.2 Å². The van der Waals surface area contributed by atoms with Crippen molar-refractivity contribution in [2.45, 2.75) is 13.3 Å². The van der Waals surface area contributed by atoms with E-state index in [4.69, 9.17) is 11.6 Å². The third kappa shape index (κ3) is 3.40. The van der Waals surface area contributed by atoms with Crippen molar-refractivity contribution < 1.29 is 0 Å². The summed E-state index contributed by atoms with van der Waals surface area (Å²) in [4.78, 5) is 0. The van der Waals surface area contributed by atoms with Crippen molar-refractivity contribution in [1.29, 1.82) is 0 Å². The monoisotopic (exact) mass is 193 g/mol. The zero-order valence-corrected chi connectivity index (χ0v) is 8.36. The highest BCUT2D eigenvalue weighted by Crippen LogP contribution is 2.19. The fourth-order valence-corrected chi connectivity index (χ4v) is 1.19. The first-order valence-electron chi connectivity index (χ1n) is 4.22. The first-order valence-corrected chi connectivity index (χ1v) is 4.60. The lowest BCUT2D eigenvalue weighted by Crippen LogP contribution is -2.00. The largest absolute Gasteiger partial charge is 0.383 e. The minimum Gasteiger partial charge on any atom is -0.383 e. The van der Waals surface area contributed by atoms with Crippen LogP contribution in [0, 0.1) is 11.8 Å². The summed E-state index contributed by atoms with van der Waals surface area (Å²) in [7, 11) is 0. The minimum atomic E-state index is 0.756. The molecule has 1 aromatic carbocycles. The van der Waals surface area contributed by atoms with Crippen LogP contribution >= 0.6 is 11.6 Å². The molecule has 2 heteroatoms. The highest BCUT2D eigenvalue weighted by molar-refractivity contribution is 6.33. The van der Waals surface area contributed by atoms with Gasteiger partial charge in [-0.25, -0.2) is 0 Å². The van der Waals surface area contributed by atoms with Gasteiger partial charge in [-0.2, -0.15) is 0 Å². The molecule has 0 atom stereocenters. The average molecular weight is 194 g/mol. The van der Waals surface area contributed by atoms with E-state index in [-0.39, 0.29) is 0 Å². The molecule has 1 rings (SSSR count). The summed E-state index contributed by atoms with van der Waals surface area (Å²) >= 11 is 5.94. The molecular formula is C11H12ClN. The van der Waals surface area contributed by atoms with Crippen LogP contribution in [-0.2, 0) is 0 Å². The van der Waals surface area contributed by atoms with Crippen molar-refractivity contribution in [2.24, 2.45) is 0 Å². The number of para-hydroxylation sites is 1. The molecule has 0 saturated carbocycles. The maximum absolute atomic E-state index is 5.94. The van der Waals surface area contributed by atoms with Crippen LogP contribution in [0.1, 0.15) is 13.3 Å². The minimum absolute atomic E-state index is 0.756. The van der Waals surface area contributed by atoms with E-state index in [0.29, 0.717) is 0 Å². The standard InChI is InChI=1S/C11H12ClN/c1-2-3-6-9-13-11-8-5-4-7-10(11)12/h4-5,7-8,13H,6,9H2,1H3. The molecule has 0 aromatic heterocycles. The zero-order chi connectivity index (χ0) is 9.52. The molecule has 1 N–H and O–H groups in total. The number of nitrogens with one attached hydrogen (secondary N) is 1. The van der Waals surface area contributed by atoms with Crippen molar-refractivity contribution in [3.05, 3.63) is 29.3 Å². The van der Waals surface area contributed by atoms with Crippen LogP contribution in [0.15, 0.2) is 24.3 Å². The van der Waals surface area contributed by atoms with Crippen LogP contribution < -0.4 is 5.32 Å². The van der Waals surface area contributed by atoms with Gasteiger partial charge in [-0.15, -0.1) is 11.8 Å². The SMILES string of the molecule is CC#CCCNc1ccccc1Cl. The van der Waals surface area contributed by atoms with Crippen molar-refractivity contribution in [2.75, 3.05) is 11.9 Å². The molecule has 13 heavy (non-hydrogen) atoms. The third-order valence-electron chi connectivity index (χ3n) is 1.62. The highest BCUT2D eigenvalue weighted by atomic mass is 35.5. The summed E-state index contributed by atoms with van der Waals surface area (Å²) in [5, 5.41) is 3.97. The van der Waals surface area contributed by atoms with Crippen LogP contribution in [0.5, 0.6) is 0 Å². The fourth-order valence-electron chi connectivity index (χ4n) is 0.989. The molecule has 0 aliphatic heterocycles. The third-order valence-corrected chi connectivity index (χ3v) is 1.95. The van der Waals surface area contributed by atoms with Gasteiger partial charge in [0.25, 0.3) is 0 Å². The Morgan fingerprint density at radius 3 is 2.85 bits per heavy atom. The molecule has 0 amide bonds. The normalized spacial score (nSPS) is 8.77. The van der Waals surface area contributed by atoms with Gasteiger partial charge in [-0.05, 0) is 19.1 Å². The predicted octanol–water partition coefficient (Wildman–Crippen LogP) is 3.17. The quantitative estimate of drug-likeness (QED) is 0.575. The van der Waals surface area contributed by atoms with Crippen LogP contribution in [-0.4, -0.2) is 6.54 Å². The van der Waals surface area contributed by atoms with Gasteiger partial charge in [0.05, 0.1) is 10.7 Å². The molecule has 0 heterocycles. The molecule has 0 saturated heterocycles. The van der Waals surface area contributed by atoms with E-state index >= 15 is 0 Å². The average Bonchev–Trinajstić information content (AvgIpc) is 2.15.